The van der Waals surface area contributed by atoms with Crippen LogP contribution in [0, 0.1) is 0 Å². The number of carbonyl (C=O) groups excluding carboxylic acids is 1. The van der Waals surface area contributed by atoms with Crippen LogP contribution in [0.1, 0.15) is 50.2 Å². The normalized spacial score (nSPS) is 21.6. The number of unbranched alkanes of at least 4 members (excludes halogenated alkanes) is 1. The molecular weight excluding hydrogens is 272 g/mol. The zero-order valence-electron chi connectivity index (χ0n) is 12.4. The summed E-state index contributed by atoms with van der Waals surface area (Å²) in [6.07, 6.45) is 5.24. The molecule has 1 atom stereocenters. The van der Waals surface area contributed by atoms with E-state index in [0.717, 1.165) is 37.9 Å². The van der Waals surface area contributed by atoms with E-state index in [9.17, 15) is 4.79 Å². The first-order valence-electron chi connectivity index (χ1n) is 7.44. The number of hydrogen-bond acceptors (Lipinski definition) is 2. The van der Waals surface area contributed by atoms with E-state index >= 15 is 0 Å². The quantitative estimate of drug-likeness (QED) is 0.578. The highest BCUT2D eigenvalue weighted by molar-refractivity contribution is 6.17. The zero-order chi connectivity index (χ0) is 14.6. The number of methoxy groups -OCH3 is 1. The van der Waals surface area contributed by atoms with Gasteiger partial charge in [0, 0.05) is 12.3 Å². The molecule has 3 heteroatoms. The number of rotatable bonds is 6. The third-order valence-corrected chi connectivity index (χ3v) is 4.85. The van der Waals surface area contributed by atoms with Crippen molar-refractivity contribution in [1.82, 2.24) is 0 Å². The van der Waals surface area contributed by atoms with Crippen molar-refractivity contribution in [2.45, 2.75) is 50.9 Å². The summed E-state index contributed by atoms with van der Waals surface area (Å²) in [4.78, 5) is 12.6. The van der Waals surface area contributed by atoms with Crippen LogP contribution in [0.15, 0.2) is 18.2 Å². The average molecular weight is 295 g/mol. The first-order chi connectivity index (χ1) is 9.67. The Morgan fingerprint density at radius 3 is 2.75 bits per heavy atom. The average Bonchev–Trinajstić information content (AvgIpc) is 2.49. The Balaban J connectivity index is 2.41. The number of aryl methyl sites for hydroxylation is 1. The molecule has 0 aromatic heterocycles. The molecule has 0 heterocycles. The first kappa shape index (κ1) is 15.4. The van der Waals surface area contributed by atoms with Gasteiger partial charge in [-0.25, -0.2) is 0 Å². The van der Waals surface area contributed by atoms with Crippen LogP contribution in [-0.4, -0.2) is 18.8 Å². The summed E-state index contributed by atoms with van der Waals surface area (Å²) in [5.41, 5.74) is 2.16. The summed E-state index contributed by atoms with van der Waals surface area (Å²) in [6, 6.07) is 6.18. The molecule has 0 aliphatic heterocycles. The molecule has 0 fully saturated rings. The van der Waals surface area contributed by atoms with Crippen molar-refractivity contribution in [2.75, 3.05) is 13.0 Å². The van der Waals surface area contributed by atoms with E-state index in [1.165, 1.54) is 11.1 Å². The molecule has 2 rings (SSSR count). The fourth-order valence-corrected chi connectivity index (χ4v) is 3.53. The van der Waals surface area contributed by atoms with Crippen LogP contribution in [0.4, 0.5) is 0 Å². The smallest absolute Gasteiger partial charge is 0.143 e. The van der Waals surface area contributed by atoms with E-state index in [-0.39, 0.29) is 5.41 Å². The van der Waals surface area contributed by atoms with Gasteiger partial charge in [0.1, 0.15) is 11.5 Å². The molecule has 1 unspecified atom stereocenters. The van der Waals surface area contributed by atoms with Gasteiger partial charge in [0.05, 0.1) is 12.5 Å². The number of benzene rings is 1. The second-order valence-corrected chi connectivity index (χ2v) is 5.91. The molecule has 1 aliphatic rings. The van der Waals surface area contributed by atoms with Gasteiger partial charge < -0.3 is 4.74 Å². The zero-order valence-corrected chi connectivity index (χ0v) is 13.1. The number of carbonyl (C=O) groups is 1. The maximum Gasteiger partial charge on any atom is 0.143 e. The van der Waals surface area contributed by atoms with Crippen molar-refractivity contribution in [3.63, 3.8) is 0 Å². The lowest BCUT2D eigenvalue weighted by atomic mass is 9.65. The Hall–Kier alpha value is -1.02. The highest BCUT2D eigenvalue weighted by Gasteiger charge is 2.41. The molecule has 0 saturated heterocycles. The monoisotopic (exact) mass is 294 g/mol. The number of Topliss-reactive ketones (excluding diaryl/α,β-unsaturated/α-hetero) is 1. The van der Waals surface area contributed by atoms with Crippen LogP contribution in [0.2, 0.25) is 0 Å². The van der Waals surface area contributed by atoms with Crippen LogP contribution in [0.5, 0.6) is 5.75 Å². The van der Waals surface area contributed by atoms with Crippen LogP contribution < -0.4 is 4.74 Å². The largest absolute Gasteiger partial charge is 0.497 e. The fraction of sp³-hybridized carbons (Fsp3) is 0.588. The van der Waals surface area contributed by atoms with E-state index in [2.05, 4.69) is 19.1 Å². The molecule has 0 radical (unpaired) electrons. The van der Waals surface area contributed by atoms with Crippen LogP contribution in [0.25, 0.3) is 0 Å². The first-order valence-corrected chi connectivity index (χ1v) is 7.98. The van der Waals surface area contributed by atoms with E-state index in [0.29, 0.717) is 18.1 Å². The lowest BCUT2D eigenvalue weighted by molar-refractivity contribution is -0.125. The molecule has 0 amide bonds. The highest BCUT2D eigenvalue weighted by Crippen LogP contribution is 2.42. The van der Waals surface area contributed by atoms with Crippen LogP contribution >= 0.6 is 11.6 Å². The highest BCUT2D eigenvalue weighted by atomic mass is 35.5. The van der Waals surface area contributed by atoms with Crippen molar-refractivity contribution < 1.29 is 9.53 Å². The molecular formula is C17H23ClO2. The Kier molecular flexibility index (Phi) is 5.09. The molecule has 0 saturated carbocycles. The molecule has 0 spiro atoms. The topological polar surface area (TPSA) is 26.3 Å². The standard InChI is InChI=1S/C17H23ClO2/c1-3-17(10-4-5-11-18)15-12-14(20-2)8-6-13(15)7-9-16(17)19/h6,8,12H,3-5,7,9-11H2,1-2H3. The molecule has 110 valence electrons. The Bertz CT molecular complexity index is 484. The lowest BCUT2D eigenvalue weighted by Crippen LogP contribution is -2.39. The van der Waals surface area contributed by atoms with Gasteiger partial charge in [-0.3, -0.25) is 4.79 Å². The van der Waals surface area contributed by atoms with Gasteiger partial charge in [0.25, 0.3) is 0 Å². The summed E-state index contributed by atoms with van der Waals surface area (Å²) in [5, 5.41) is 0. The minimum absolute atomic E-state index is 0.325. The third kappa shape index (κ3) is 2.71. The van der Waals surface area contributed by atoms with E-state index in [1.807, 2.05) is 6.07 Å². The van der Waals surface area contributed by atoms with Gasteiger partial charge in [0.2, 0.25) is 0 Å². The maximum atomic E-state index is 12.6. The van der Waals surface area contributed by atoms with Crippen LogP contribution in [0.3, 0.4) is 0 Å². The Labute approximate surface area is 126 Å². The van der Waals surface area contributed by atoms with Crippen LogP contribution in [-0.2, 0) is 16.6 Å². The molecule has 1 aliphatic carbocycles. The predicted molar refractivity (Wildman–Crippen MR) is 82.9 cm³/mol. The molecule has 1 aromatic carbocycles. The van der Waals surface area contributed by atoms with Gasteiger partial charge in [0.15, 0.2) is 0 Å². The minimum Gasteiger partial charge on any atom is -0.497 e. The van der Waals surface area contributed by atoms with Gasteiger partial charge in [-0.1, -0.05) is 19.4 Å². The predicted octanol–water partition coefficient (Wildman–Crippen LogP) is 4.27. The number of alkyl halides is 1. The molecule has 0 N–H and O–H groups in total. The Morgan fingerprint density at radius 1 is 1.30 bits per heavy atom. The Morgan fingerprint density at radius 2 is 2.10 bits per heavy atom. The van der Waals surface area contributed by atoms with Crippen molar-refractivity contribution in [3.05, 3.63) is 29.3 Å². The molecule has 1 aromatic rings. The van der Waals surface area contributed by atoms with Gasteiger partial charge in [-0.2, -0.15) is 0 Å². The summed E-state index contributed by atoms with van der Waals surface area (Å²) in [6.45, 7) is 2.12. The summed E-state index contributed by atoms with van der Waals surface area (Å²) < 4.78 is 5.35. The minimum atomic E-state index is -0.325. The van der Waals surface area contributed by atoms with Gasteiger partial charge in [-0.15, -0.1) is 11.6 Å². The lowest BCUT2D eigenvalue weighted by Gasteiger charge is -2.37. The van der Waals surface area contributed by atoms with E-state index in [4.69, 9.17) is 16.3 Å². The van der Waals surface area contributed by atoms with Crippen molar-refractivity contribution in [3.8, 4) is 5.75 Å². The second-order valence-electron chi connectivity index (χ2n) is 5.53. The summed E-state index contributed by atoms with van der Waals surface area (Å²) in [5.74, 6) is 1.89. The molecule has 20 heavy (non-hydrogen) atoms. The number of fused-ring (bicyclic) bond motifs is 1. The molecule has 0 bridgehead atoms. The fourth-order valence-electron chi connectivity index (χ4n) is 3.34. The molecule has 2 nitrogen and oxygen atoms in total. The van der Waals surface area contributed by atoms with Gasteiger partial charge >= 0.3 is 0 Å². The second kappa shape index (κ2) is 6.62. The SMILES string of the molecule is CCC1(CCCCCl)C(=O)CCc2ccc(OC)cc21. The van der Waals surface area contributed by atoms with Crippen molar-refractivity contribution in [2.24, 2.45) is 0 Å². The van der Waals surface area contributed by atoms with E-state index < -0.39 is 0 Å². The number of hydrogen-bond donors (Lipinski definition) is 0. The summed E-state index contributed by atoms with van der Waals surface area (Å²) in [7, 11) is 1.67. The van der Waals surface area contributed by atoms with Crippen molar-refractivity contribution >= 4 is 17.4 Å². The maximum absolute atomic E-state index is 12.6. The van der Waals surface area contributed by atoms with Crippen molar-refractivity contribution in [1.29, 1.82) is 0 Å². The number of halogens is 1. The summed E-state index contributed by atoms with van der Waals surface area (Å²) >= 11 is 5.79. The third-order valence-electron chi connectivity index (χ3n) is 4.58. The number of ether oxygens (including phenoxy) is 1. The van der Waals surface area contributed by atoms with Gasteiger partial charge in [-0.05, 0) is 48.9 Å². The van der Waals surface area contributed by atoms with E-state index in [1.54, 1.807) is 7.11 Å². The number of ketones is 1.